The Labute approximate surface area is 163 Å². The van der Waals surface area contributed by atoms with Crippen LogP contribution < -0.4 is 10.1 Å². The standard InChI is InChI=1S/C16H20ClF3N2O.2ClH/c1-11(2)9-14(22-7-5-21-6-8-22)12-3-4-15(13(17)10-12)23-16(18,19)20;;/h3-4,10,14,21H,1,5-9H2,2H3;2*1H/t14-;;/m0../s1. The summed E-state index contributed by atoms with van der Waals surface area (Å²) >= 11 is 5.98. The molecule has 1 aliphatic heterocycles. The Morgan fingerprint density at radius 3 is 2.40 bits per heavy atom. The van der Waals surface area contributed by atoms with E-state index in [2.05, 4.69) is 21.5 Å². The molecule has 0 amide bonds. The van der Waals surface area contributed by atoms with Crippen LogP contribution in [-0.4, -0.2) is 37.4 Å². The number of nitrogens with zero attached hydrogens (tertiary/aromatic N) is 1. The van der Waals surface area contributed by atoms with Gasteiger partial charge in [-0.1, -0.05) is 23.2 Å². The van der Waals surface area contributed by atoms with Gasteiger partial charge in [-0.2, -0.15) is 0 Å². The molecule has 1 saturated heterocycles. The highest BCUT2D eigenvalue weighted by atomic mass is 35.5. The number of ether oxygens (including phenoxy) is 1. The van der Waals surface area contributed by atoms with Crippen molar-refractivity contribution < 1.29 is 17.9 Å². The average molecular weight is 422 g/mol. The molecule has 0 unspecified atom stereocenters. The van der Waals surface area contributed by atoms with Crippen molar-refractivity contribution in [2.75, 3.05) is 26.2 Å². The molecule has 0 spiro atoms. The number of halogens is 6. The third kappa shape index (κ3) is 7.62. The second-order valence-corrected chi connectivity index (χ2v) is 6.11. The molecule has 0 saturated carbocycles. The Kier molecular flexibility index (Phi) is 10.2. The first-order valence-corrected chi connectivity index (χ1v) is 7.78. The van der Waals surface area contributed by atoms with Gasteiger partial charge in [-0.15, -0.1) is 44.6 Å². The van der Waals surface area contributed by atoms with Crippen LogP contribution in [0.4, 0.5) is 13.2 Å². The SMILES string of the molecule is C=C(C)C[C@@H](c1ccc(OC(F)(F)F)c(Cl)c1)N1CCNCC1.Cl.Cl. The first-order chi connectivity index (χ1) is 10.8. The Balaban J connectivity index is 0.00000288. The summed E-state index contributed by atoms with van der Waals surface area (Å²) in [5.74, 6) is -0.377. The molecule has 1 N–H and O–H groups in total. The molecule has 9 heteroatoms. The summed E-state index contributed by atoms with van der Waals surface area (Å²) in [4.78, 5) is 2.29. The molecule has 25 heavy (non-hydrogen) atoms. The van der Waals surface area contributed by atoms with Gasteiger partial charge in [0, 0.05) is 32.2 Å². The zero-order valence-electron chi connectivity index (χ0n) is 13.7. The van der Waals surface area contributed by atoms with Crippen LogP contribution in [0.2, 0.25) is 5.02 Å². The lowest BCUT2D eigenvalue weighted by Crippen LogP contribution is -2.45. The van der Waals surface area contributed by atoms with Crippen molar-refractivity contribution >= 4 is 36.4 Å². The van der Waals surface area contributed by atoms with Crippen LogP contribution in [0.1, 0.15) is 24.9 Å². The topological polar surface area (TPSA) is 24.5 Å². The van der Waals surface area contributed by atoms with Gasteiger partial charge in [0.1, 0.15) is 5.75 Å². The summed E-state index contributed by atoms with van der Waals surface area (Å²) in [6, 6.07) is 4.52. The monoisotopic (exact) mass is 420 g/mol. The number of rotatable bonds is 5. The number of alkyl halides is 3. The molecule has 1 heterocycles. The van der Waals surface area contributed by atoms with Crippen molar-refractivity contribution in [3.8, 4) is 5.75 Å². The van der Waals surface area contributed by atoms with Crippen molar-refractivity contribution in [3.05, 3.63) is 40.9 Å². The van der Waals surface area contributed by atoms with Crippen molar-refractivity contribution in [2.24, 2.45) is 0 Å². The van der Waals surface area contributed by atoms with E-state index in [1.54, 1.807) is 12.1 Å². The summed E-state index contributed by atoms with van der Waals surface area (Å²) in [7, 11) is 0. The second kappa shape index (κ2) is 10.5. The number of piperazine rings is 1. The minimum absolute atomic E-state index is 0. The molecule has 0 bridgehead atoms. The normalized spacial score (nSPS) is 16.4. The van der Waals surface area contributed by atoms with Gasteiger partial charge in [0.05, 0.1) is 5.02 Å². The summed E-state index contributed by atoms with van der Waals surface area (Å²) in [5, 5.41) is 3.25. The Morgan fingerprint density at radius 2 is 1.92 bits per heavy atom. The van der Waals surface area contributed by atoms with Gasteiger partial charge in [0.25, 0.3) is 0 Å². The van der Waals surface area contributed by atoms with Crippen LogP contribution in [0.15, 0.2) is 30.4 Å². The smallest absolute Gasteiger partial charge is 0.404 e. The zero-order valence-corrected chi connectivity index (χ0v) is 16.1. The first kappa shape index (κ1) is 24.3. The van der Waals surface area contributed by atoms with Gasteiger partial charge in [0.15, 0.2) is 0 Å². The molecular weight excluding hydrogens is 400 g/mol. The predicted octanol–water partition coefficient (Wildman–Crippen LogP) is 4.99. The Morgan fingerprint density at radius 1 is 1.32 bits per heavy atom. The van der Waals surface area contributed by atoms with E-state index in [9.17, 15) is 13.2 Å². The number of hydrogen-bond donors (Lipinski definition) is 1. The van der Waals surface area contributed by atoms with Crippen LogP contribution >= 0.6 is 36.4 Å². The fourth-order valence-corrected chi connectivity index (χ4v) is 2.94. The highest BCUT2D eigenvalue weighted by molar-refractivity contribution is 6.32. The largest absolute Gasteiger partial charge is 0.573 e. The van der Waals surface area contributed by atoms with Crippen LogP contribution in [0.3, 0.4) is 0 Å². The molecule has 1 atom stereocenters. The molecule has 144 valence electrons. The van der Waals surface area contributed by atoms with Gasteiger partial charge < -0.3 is 10.1 Å². The molecular formula is C16H22Cl3F3N2O. The van der Waals surface area contributed by atoms with Gasteiger partial charge in [-0.3, -0.25) is 4.90 Å². The maximum atomic E-state index is 12.3. The minimum Gasteiger partial charge on any atom is -0.404 e. The summed E-state index contributed by atoms with van der Waals surface area (Å²) in [5.41, 5.74) is 1.88. The van der Waals surface area contributed by atoms with Crippen LogP contribution in [0, 0.1) is 0 Å². The molecule has 3 nitrogen and oxygen atoms in total. The van der Waals surface area contributed by atoms with E-state index in [0.29, 0.717) is 0 Å². The van der Waals surface area contributed by atoms with Crippen molar-refractivity contribution in [1.82, 2.24) is 10.2 Å². The summed E-state index contributed by atoms with van der Waals surface area (Å²) < 4.78 is 40.9. The minimum atomic E-state index is -4.75. The molecule has 2 rings (SSSR count). The number of benzene rings is 1. The van der Waals surface area contributed by atoms with Crippen molar-refractivity contribution in [2.45, 2.75) is 25.7 Å². The van der Waals surface area contributed by atoms with E-state index >= 15 is 0 Å². The van der Waals surface area contributed by atoms with Gasteiger partial charge >= 0.3 is 6.36 Å². The average Bonchev–Trinajstić information content (AvgIpc) is 2.46. The van der Waals surface area contributed by atoms with Crippen molar-refractivity contribution in [3.63, 3.8) is 0 Å². The van der Waals surface area contributed by atoms with E-state index in [4.69, 9.17) is 11.6 Å². The second-order valence-electron chi connectivity index (χ2n) is 5.70. The van der Waals surface area contributed by atoms with E-state index in [1.807, 2.05) is 6.92 Å². The van der Waals surface area contributed by atoms with E-state index in [1.165, 1.54) is 6.07 Å². The molecule has 1 fully saturated rings. The fraction of sp³-hybridized carbons (Fsp3) is 0.500. The summed E-state index contributed by atoms with van der Waals surface area (Å²) in [6.45, 7) is 9.41. The van der Waals surface area contributed by atoms with Gasteiger partial charge in [-0.25, -0.2) is 0 Å². The number of nitrogens with one attached hydrogen (secondary N) is 1. The summed E-state index contributed by atoms with van der Waals surface area (Å²) in [6.07, 6.45) is -4.02. The van der Waals surface area contributed by atoms with E-state index < -0.39 is 6.36 Å². The molecule has 1 aromatic carbocycles. The Bertz CT molecular complexity index is 564. The predicted molar refractivity (Wildman–Crippen MR) is 99.2 cm³/mol. The van der Waals surface area contributed by atoms with E-state index in [-0.39, 0.29) is 41.6 Å². The molecule has 0 aromatic heterocycles. The third-order valence-corrected chi connectivity index (χ3v) is 4.00. The van der Waals surface area contributed by atoms with Crippen molar-refractivity contribution in [1.29, 1.82) is 0 Å². The van der Waals surface area contributed by atoms with Gasteiger partial charge in [0.2, 0.25) is 0 Å². The lowest BCUT2D eigenvalue weighted by atomic mass is 9.98. The highest BCUT2D eigenvalue weighted by Crippen LogP contribution is 2.35. The van der Waals surface area contributed by atoms with Gasteiger partial charge in [-0.05, 0) is 31.0 Å². The molecule has 1 aromatic rings. The molecule has 1 aliphatic rings. The molecule has 0 aliphatic carbocycles. The fourth-order valence-electron chi connectivity index (χ4n) is 2.71. The van der Waals surface area contributed by atoms with E-state index in [0.717, 1.165) is 43.7 Å². The number of hydrogen-bond acceptors (Lipinski definition) is 3. The lowest BCUT2D eigenvalue weighted by Gasteiger charge is -2.35. The lowest BCUT2D eigenvalue weighted by molar-refractivity contribution is -0.274. The van der Waals surface area contributed by atoms with Crippen LogP contribution in [0.25, 0.3) is 0 Å². The Hall–Kier alpha value is -0.660. The highest BCUT2D eigenvalue weighted by Gasteiger charge is 2.32. The zero-order chi connectivity index (χ0) is 17.0. The molecule has 0 radical (unpaired) electrons. The quantitative estimate of drug-likeness (QED) is 0.678. The maximum absolute atomic E-state index is 12.3. The van der Waals surface area contributed by atoms with Crippen LogP contribution in [0.5, 0.6) is 5.75 Å². The maximum Gasteiger partial charge on any atom is 0.573 e. The first-order valence-electron chi connectivity index (χ1n) is 7.40. The van der Waals surface area contributed by atoms with Crippen LogP contribution in [-0.2, 0) is 0 Å². The third-order valence-electron chi connectivity index (χ3n) is 3.70.